The molecule has 134 valence electrons. The molecule has 9 nitrogen and oxygen atoms in total. The van der Waals surface area contributed by atoms with Gasteiger partial charge >= 0.3 is 11.9 Å². The van der Waals surface area contributed by atoms with E-state index in [0.717, 1.165) is 0 Å². The van der Waals surface area contributed by atoms with Crippen molar-refractivity contribution in [3.05, 3.63) is 30.3 Å². The highest BCUT2D eigenvalue weighted by Crippen LogP contribution is 2.29. The van der Waals surface area contributed by atoms with Crippen LogP contribution in [0.15, 0.2) is 30.3 Å². The molecule has 24 heavy (non-hydrogen) atoms. The van der Waals surface area contributed by atoms with Gasteiger partial charge in [0, 0.05) is 0 Å². The van der Waals surface area contributed by atoms with E-state index in [1.807, 2.05) is 0 Å². The van der Waals surface area contributed by atoms with Crippen molar-refractivity contribution in [3.63, 3.8) is 0 Å². The summed E-state index contributed by atoms with van der Waals surface area (Å²) in [6.45, 7) is 0.573. The lowest BCUT2D eigenvalue weighted by atomic mass is 9.98. The molecule has 0 amide bonds. The van der Waals surface area contributed by atoms with Crippen molar-refractivity contribution in [2.24, 2.45) is 0 Å². The van der Waals surface area contributed by atoms with Crippen LogP contribution >= 0.6 is 0 Å². The lowest BCUT2D eigenvalue weighted by Crippen LogP contribution is -2.67. The molecule has 6 atom stereocenters. The molecule has 0 spiro atoms. The number of rotatable bonds is 5. The van der Waals surface area contributed by atoms with Crippen molar-refractivity contribution in [2.45, 2.75) is 43.4 Å². The maximum absolute atomic E-state index is 12.0. The summed E-state index contributed by atoms with van der Waals surface area (Å²) in [6.07, 6.45) is -8.31. The molecule has 5 N–H and O–H groups in total. The Labute approximate surface area is 137 Å². The van der Waals surface area contributed by atoms with Crippen LogP contribution in [0.1, 0.15) is 6.92 Å². The second-order valence-corrected chi connectivity index (χ2v) is 5.39. The molecular weight excluding hydrogens is 324 g/mol. The molecule has 1 heterocycles. The minimum absolute atomic E-state index is 0.378. The lowest BCUT2D eigenvalue weighted by Gasteiger charge is -2.43. The molecule has 1 aromatic rings. The highest BCUT2D eigenvalue weighted by Gasteiger charge is 2.56. The summed E-state index contributed by atoms with van der Waals surface area (Å²) >= 11 is 0. The number of esters is 1. The third-order valence-corrected chi connectivity index (χ3v) is 3.56. The van der Waals surface area contributed by atoms with Gasteiger partial charge in [0.1, 0.15) is 24.1 Å². The van der Waals surface area contributed by atoms with Crippen LogP contribution in [0, 0.1) is 0 Å². The Morgan fingerprint density at radius 2 is 1.88 bits per heavy atom. The maximum atomic E-state index is 12.0. The van der Waals surface area contributed by atoms with Gasteiger partial charge < -0.3 is 39.7 Å². The Morgan fingerprint density at radius 1 is 1.25 bits per heavy atom. The molecule has 1 fully saturated rings. The number of carbonyl (C=O) groups excluding carboxylic acids is 1. The Bertz CT molecular complexity index is 549. The zero-order valence-corrected chi connectivity index (χ0v) is 12.8. The van der Waals surface area contributed by atoms with E-state index in [4.69, 9.17) is 19.3 Å². The summed E-state index contributed by atoms with van der Waals surface area (Å²) in [7, 11) is 0. The molecular formula is C15H20O9. The number of aliphatic hydroxyl groups excluding tert-OH is 4. The first-order chi connectivity index (χ1) is 11.3. The van der Waals surface area contributed by atoms with Crippen LogP contribution in [0.3, 0.4) is 0 Å². The highest BCUT2D eigenvalue weighted by molar-refractivity contribution is 5.75. The Balaban J connectivity index is 2.05. The molecule has 2 rings (SSSR count). The number of para-hydroxylation sites is 1. The third kappa shape index (κ3) is 3.83. The van der Waals surface area contributed by atoms with E-state index in [0.29, 0.717) is 5.75 Å². The number of ether oxygens (including phenoxy) is 3. The summed E-state index contributed by atoms with van der Waals surface area (Å²) in [4.78, 5) is 12.0. The van der Waals surface area contributed by atoms with Gasteiger partial charge in [-0.1, -0.05) is 18.2 Å². The number of aliphatic hydroxyl groups is 5. The molecule has 1 aromatic carbocycles. The quantitative estimate of drug-likeness (QED) is 0.306. The normalized spacial score (nSPS) is 34.4. The first-order valence-electron chi connectivity index (χ1n) is 7.28. The average molecular weight is 344 g/mol. The van der Waals surface area contributed by atoms with Gasteiger partial charge in [0.2, 0.25) is 0 Å². The zero-order valence-electron chi connectivity index (χ0n) is 12.8. The molecule has 0 aromatic heterocycles. The van der Waals surface area contributed by atoms with Crippen LogP contribution in [-0.2, 0) is 14.3 Å². The average Bonchev–Trinajstić information content (AvgIpc) is 2.57. The molecule has 0 radical (unpaired) electrons. The SMILES string of the molecule is CC(Oc1ccccc1)C(=O)OC1(O)O[C@H](CO)[C@@H](O)[C@H](O)[C@H]1O. The van der Waals surface area contributed by atoms with Crippen molar-refractivity contribution in [2.75, 3.05) is 6.61 Å². The van der Waals surface area contributed by atoms with E-state index < -0.39 is 49.1 Å². The molecule has 0 bridgehead atoms. The molecule has 0 aliphatic carbocycles. The van der Waals surface area contributed by atoms with Crippen molar-refractivity contribution < 1.29 is 44.5 Å². The number of carbonyl (C=O) groups is 1. The fourth-order valence-corrected chi connectivity index (χ4v) is 2.19. The van der Waals surface area contributed by atoms with Crippen LogP contribution < -0.4 is 4.74 Å². The van der Waals surface area contributed by atoms with Gasteiger partial charge in [-0.3, -0.25) is 0 Å². The molecule has 0 saturated carbocycles. The summed E-state index contributed by atoms with van der Waals surface area (Å²) in [5.41, 5.74) is 0. The minimum Gasteiger partial charge on any atom is -0.479 e. The Hall–Kier alpha value is -1.75. The fourth-order valence-electron chi connectivity index (χ4n) is 2.19. The monoisotopic (exact) mass is 344 g/mol. The van der Waals surface area contributed by atoms with E-state index in [-0.39, 0.29) is 0 Å². The highest BCUT2D eigenvalue weighted by atomic mass is 16.9. The number of hydrogen-bond acceptors (Lipinski definition) is 9. The van der Waals surface area contributed by atoms with Crippen molar-refractivity contribution in [1.82, 2.24) is 0 Å². The first kappa shape index (κ1) is 18.6. The van der Waals surface area contributed by atoms with E-state index in [2.05, 4.69) is 0 Å². The molecule has 2 unspecified atom stereocenters. The van der Waals surface area contributed by atoms with Crippen molar-refractivity contribution in [3.8, 4) is 5.75 Å². The van der Waals surface area contributed by atoms with E-state index in [9.17, 15) is 25.2 Å². The van der Waals surface area contributed by atoms with Gasteiger partial charge in [-0.15, -0.1) is 0 Å². The topological polar surface area (TPSA) is 146 Å². The molecule has 1 aliphatic heterocycles. The minimum atomic E-state index is -2.93. The standard InChI is InChI=1S/C15H20O9/c1-8(22-9-5-3-2-4-6-9)14(20)24-15(21)13(19)12(18)11(17)10(7-16)23-15/h2-6,8,10-13,16-19,21H,7H2,1H3/t8?,10-,11-,12+,13-,15?/m1/s1. The number of benzene rings is 1. The number of hydrogen-bond donors (Lipinski definition) is 5. The van der Waals surface area contributed by atoms with Crippen molar-refractivity contribution in [1.29, 1.82) is 0 Å². The molecule has 1 aliphatic rings. The zero-order chi connectivity index (χ0) is 17.9. The van der Waals surface area contributed by atoms with Gasteiger partial charge in [-0.25, -0.2) is 4.79 Å². The smallest absolute Gasteiger partial charge is 0.357 e. The predicted molar refractivity (Wildman–Crippen MR) is 77.6 cm³/mol. The largest absolute Gasteiger partial charge is 0.479 e. The summed E-state index contributed by atoms with van der Waals surface area (Å²) < 4.78 is 14.9. The summed E-state index contributed by atoms with van der Waals surface area (Å²) in [6, 6.07) is 8.35. The third-order valence-electron chi connectivity index (χ3n) is 3.56. The lowest BCUT2D eigenvalue weighted by molar-refractivity contribution is -0.435. The van der Waals surface area contributed by atoms with Crippen molar-refractivity contribution >= 4 is 5.97 Å². The van der Waals surface area contributed by atoms with Crippen LogP contribution in [0.5, 0.6) is 5.75 Å². The Kier molecular flexibility index (Phi) is 5.75. The molecule has 9 heteroatoms. The van der Waals surface area contributed by atoms with Gasteiger partial charge in [-0.2, -0.15) is 0 Å². The fraction of sp³-hybridized carbons (Fsp3) is 0.533. The molecule has 1 saturated heterocycles. The van der Waals surface area contributed by atoms with E-state index in [1.54, 1.807) is 30.3 Å². The Morgan fingerprint density at radius 3 is 2.46 bits per heavy atom. The van der Waals surface area contributed by atoms with E-state index in [1.165, 1.54) is 6.92 Å². The van der Waals surface area contributed by atoms with Gasteiger partial charge in [0.15, 0.2) is 12.2 Å². The van der Waals surface area contributed by atoms with Crippen LogP contribution in [0.25, 0.3) is 0 Å². The maximum Gasteiger partial charge on any atom is 0.357 e. The second kappa shape index (κ2) is 7.43. The predicted octanol–water partition coefficient (Wildman–Crippen LogP) is -1.88. The van der Waals surface area contributed by atoms with Gasteiger partial charge in [0.25, 0.3) is 0 Å². The summed E-state index contributed by atoms with van der Waals surface area (Å²) in [5.74, 6) is -3.64. The second-order valence-electron chi connectivity index (χ2n) is 5.39. The summed E-state index contributed by atoms with van der Waals surface area (Å²) in [5, 5.41) is 48.4. The van der Waals surface area contributed by atoms with Crippen LogP contribution in [0.4, 0.5) is 0 Å². The van der Waals surface area contributed by atoms with Crippen LogP contribution in [0.2, 0.25) is 0 Å². The van der Waals surface area contributed by atoms with Gasteiger partial charge in [-0.05, 0) is 19.1 Å². The van der Waals surface area contributed by atoms with Gasteiger partial charge in [0.05, 0.1) is 6.61 Å². The first-order valence-corrected chi connectivity index (χ1v) is 7.28. The van der Waals surface area contributed by atoms with Crippen LogP contribution in [-0.4, -0.2) is 74.6 Å². The van der Waals surface area contributed by atoms with E-state index >= 15 is 0 Å².